The second-order valence-corrected chi connectivity index (χ2v) is 8.01. The van der Waals surface area contributed by atoms with Crippen LogP contribution in [0, 0.1) is 10.1 Å². The van der Waals surface area contributed by atoms with Crippen molar-refractivity contribution >= 4 is 23.3 Å². The zero-order chi connectivity index (χ0) is 25.7. The summed E-state index contributed by atoms with van der Waals surface area (Å²) in [5.41, 5.74) is 2.54. The number of nitro benzene ring substituents is 1. The molecule has 10 nitrogen and oxygen atoms in total. The van der Waals surface area contributed by atoms with Gasteiger partial charge in [-0.1, -0.05) is 36.4 Å². The number of allylic oxidation sites excluding steroid dienone is 1. The molecular formula is C26H24N4O6. The summed E-state index contributed by atoms with van der Waals surface area (Å²) in [4.78, 5) is 35.9. The van der Waals surface area contributed by atoms with Gasteiger partial charge >= 0.3 is 6.03 Å². The van der Waals surface area contributed by atoms with E-state index in [1.807, 2.05) is 30.3 Å². The van der Waals surface area contributed by atoms with Crippen molar-refractivity contribution in [3.05, 3.63) is 105 Å². The van der Waals surface area contributed by atoms with E-state index >= 15 is 0 Å². The normalized spacial score (nSPS) is 14.9. The van der Waals surface area contributed by atoms with Gasteiger partial charge in [0.25, 0.3) is 11.6 Å². The summed E-state index contributed by atoms with van der Waals surface area (Å²) in [5, 5.41) is 19.1. The first kappa shape index (κ1) is 24.3. The number of ether oxygens (including phenoxy) is 2. The first-order chi connectivity index (χ1) is 17.4. The van der Waals surface area contributed by atoms with E-state index in [0.29, 0.717) is 35.1 Å². The number of benzene rings is 3. The van der Waals surface area contributed by atoms with E-state index < -0.39 is 22.9 Å². The summed E-state index contributed by atoms with van der Waals surface area (Å²) in [7, 11) is 1.53. The van der Waals surface area contributed by atoms with Gasteiger partial charge in [0, 0.05) is 23.5 Å². The Morgan fingerprint density at radius 2 is 1.78 bits per heavy atom. The number of hydrogen-bond acceptors (Lipinski definition) is 6. The fraction of sp³-hybridized carbons (Fsp3) is 0.154. The number of nitro groups is 1. The lowest BCUT2D eigenvalue weighted by molar-refractivity contribution is -0.384. The minimum absolute atomic E-state index is 0.0888. The maximum absolute atomic E-state index is 13.3. The lowest BCUT2D eigenvalue weighted by Crippen LogP contribution is -2.46. The minimum Gasteiger partial charge on any atom is -0.493 e. The maximum Gasteiger partial charge on any atom is 0.319 e. The summed E-state index contributed by atoms with van der Waals surface area (Å²) < 4.78 is 11.4. The summed E-state index contributed by atoms with van der Waals surface area (Å²) in [6.07, 6.45) is 0. The SMILES string of the molecule is COc1ccc([C@H]2NC(=O)NC(C)=C2C(=O)Nc2ccc([N+](=O)[O-])cc2)cc1OCc1ccccc1. The van der Waals surface area contributed by atoms with Gasteiger partial charge in [0.15, 0.2) is 11.5 Å². The lowest BCUT2D eigenvalue weighted by Gasteiger charge is -2.29. The zero-order valence-electron chi connectivity index (χ0n) is 19.6. The van der Waals surface area contributed by atoms with Crippen LogP contribution in [0.15, 0.2) is 84.1 Å². The number of carbonyl (C=O) groups excluding carboxylic acids is 2. The highest BCUT2D eigenvalue weighted by atomic mass is 16.6. The van der Waals surface area contributed by atoms with Crippen molar-refractivity contribution in [1.82, 2.24) is 10.6 Å². The first-order valence-corrected chi connectivity index (χ1v) is 11.0. The maximum atomic E-state index is 13.3. The number of anilines is 1. The molecule has 184 valence electrons. The quantitative estimate of drug-likeness (QED) is 0.317. The van der Waals surface area contributed by atoms with E-state index in [-0.39, 0.29) is 11.3 Å². The number of carbonyl (C=O) groups is 2. The monoisotopic (exact) mass is 488 g/mol. The summed E-state index contributed by atoms with van der Waals surface area (Å²) in [5.74, 6) is 0.494. The van der Waals surface area contributed by atoms with Crippen LogP contribution in [-0.4, -0.2) is 24.0 Å². The van der Waals surface area contributed by atoms with Gasteiger partial charge in [0.2, 0.25) is 0 Å². The fourth-order valence-electron chi connectivity index (χ4n) is 3.83. The number of urea groups is 1. The summed E-state index contributed by atoms with van der Waals surface area (Å²) in [6, 6.07) is 19.1. The average molecular weight is 489 g/mol. The number of non-ortho nitro benzene ring substituents is 1. The number of methoxy groups -OCH3 is 1. The molecule has 3 amide bonds. The van der Waals surface area contributed by atoms with Gasteiger partial charge in [0.05, 0.1) is 23.6 Å². The van der Waals surface area contributed by atoms with Crippen LogP contribution in [0.4, 0.5) is 16.2 Å². The molecule has 3 aromatic carbocycles. The van der Waals surface area contributed by atoms with Crippen molar-refractivity contribution in [1.29, 1.82) is 0 Å². The predicted octanol–water partition coefficient (Wildman–Crippen LogP) is 4.45. The standard InChI is InChI=1S/C26H24N4O6/c1-16-23(25(31)28-19-9-11-20(12-10-19)30(33)34)24(29-26(32)27-16)18-8-13-21(35-2)22(14-18)36-15-17-6-4-3-5-7-17/h3-14,24H,15H2,1-2H3,(H,28,31)(H2,27,29,32)/t24-/m1/s1. The molecule has 4 rings (SSSR count). The molecule has 36 heavy (non-hydrogen) atoms. The van der Waals surface area contributed by atoms with Gasteiger partial charge in [-0.3, -0.25) is 14.9 Å². The predicted molar refractivity (Wildman–Crippen MR) is 133 cm³/mol. The third-order valence-electron chi connectivity index (χ3n) is 5.61. The van der Waals surface area contributed by atoms with Gasteiger partial charge in [0.1, 0.15) is 6.61 Å². The van der Waals surface area contributed by atoms with Crippen molar-refractivity contribution in [3.63, 3.8) is 0 Å². The molecule has 0 radical (unpaired) electrons. The van der Waals surface area contributed by atoms with Crippen LogP contribution in [0.2, 0.25) is 0 Å². The van der Waals surface area contributed by atoms with E-state index in [1.54, 1.807) is 25.1 Å². The highest BCUT2D eigenvalue weighted by Crippen LogP contribution is 2.35. The van der Waals surface area contributed by atoms with Crippen molar-refractivity contribution in [2.24, 2.45) is 0 Å². The Balaban J connectivity index is 1.61. The number of nitrogens with zero attached hydrogens (tertiary/aromatic N) is 1. The molecule has 0 unspecified atom stereocenters. The topological polar surface area (TPSA) is 132 Å². The summed E-state index contributed by atoms with van der Waals surface area (Å²) >= 11 is 0. The smallest absolute Gasteiger partial charge is 0.319 e. The highest BCUT2D eigenvalue weighted by Gasteiger charge is 2.32. The van der Waals surface area contributed by atoms with Crippen LogP contribution in [0.5, 0.6) is 11.5 Å². The van der Waals surface area contributed by atoms with Crippen LogP contribution in [0.1, 0.15) is 24.1 Å². The Bertz CT molecular complexity index is 1320. The number of amides is 3. The van der Waals surface area contributed by atoms with Crippen LogP contribution in [0.25, 0.3) is 0 Å². The average Bonchev–Trinajstić information content (AvgIpc) is 2.87. The van der Waals surface area contributed by atoms with E-state index in [1.165, 1.54) is 31.4 Å². The fourth-order valence-corrected chi connectivity index (χ4v) is 3.83. The van der Waals surface area contributed by atoms with Crippen molar-refractivity contribution < 1.29 is 24.0 Å². The molecule has 0 aliphatic carbocycles. The molecule has 1 heterocycles. The largest absolute Gasteiger partial charge is 0.493 e. The van der Waals surface area contributed by atoms with Gasteiger partial charge < -0.3 is 25.4 Å². The van der Waals surface area contributed by atoms with Crippen LogP contribution in [0.3, 0.4) is 0 Å². The minimum atomic E-state index is -0.776. The molecule has 0 spiro atoms. The third kappa shape index (κ3) is 5.44. The Kier molecular flexibility index (Phi) is 7.15. The molecule has 0 saturated carbocycles. The molecule has 1 atom stereocenters. The van der Waals surface area contributed by atoms with Gasteiger partial charge in [-0.05, 0) is 42.3 Å². The lowest BCUT2D eigenvalue weighted by atomic mass is 9.94. The first-order valence-electron chi connectivity index (χ1n) is 11.0. The van der Waals surface area contributed by atoms with Crippen molar-refractivity contribution in [2.75, 3.05) is 12.4 Å². The van der Waals surface area contributed by atoms with Crippen molar-refractivity contribution in [2.45, 2.75) is 19.6 Å². The number of nitrogens with one attached hydrogen (secondary N) is 3. The Morgan fingerprint density at radius 3 is 2.44 bits per heavy atom. The third-order valence-corrected chi connectivity index (χ3v) is 5.61. The van der Waals surface area contributed by atoms with E-state index in [2.05, 4.69) is 16.0 Å². The molecule has 1 aliphatic rings. The van der Waals surface area contributed by atoms with E-state index in [9.17, 15) is 19.7 Å². The second-order valence-electron chi connectivity index (χ2n) is 8.01. The second kappa shape index (κ2) is 10.6. The molecule has 3 aromatic rings. The van der Waals surface area contributed by atoms with Gasteiger partial charge in [-0.25, -0.2) is 4.79 Å². The van der Waals surface area contributed by atoms with Crippen molar-refractivity contribution in [3.8, 4) is 11.5 Å². The van der Waals surface area contributed by atoms with Crippen LogP contribution in [-0.2, 0) is 11.4 Å². The highest BCUT2D eigenvalue weighted by molar-refractivity contribution is 6.06. The molecule has 0 saturated heterocycles. The zero-order valence-corrected chi connectivity index (χ0v) is 19.6. The molecule has 0 fully saturated rings. The van der Waals surface area contributed by atoms with E-state index in [4.69, 9.17) is 9.47 Å². The summed E-state index contributed by atoms with van der Waals surface area (Å²) in [6.45, 7) is 1.94. The van der Waals surface area contributed by atoms with Gasteiger partial charge in [-0.15, -0.1) is 0 Å². The molecule has 0 aromatic heterocycles. The Labute approximate surface area is 207 Å². The molecule has 1 aliphatic heterocycles. The molecule has 10 heteroatoms. The van der Waals surface area contributed by atoms with Crippen LogP contribution < -0.4 is 25.4 Å². The molecule has 3 N–H and O–H groups in total. The van der Waals surface area contributed by atoms with Crippen LogP contribution >= 0.6 is 0 Å². The molecular weight excluding hydrogens is 464 g/mol. The van der Waals surface area contributed by atoms with E-state index in [0.717, 1.165) is 5.56 Å². The molecule has 0 bridgehead atoms. The Hall–Kier alpha value is -4.86. The van der Waals surface area contributed by atoms with Gasteiger partial charge in [-0.2, -0.15) is 0 Å². The Morgan fingerprint density at radius 1 is 1.06 bits per heavy atom. The number of hydrogen-bond donors (Lipinski definition) is 3. The number of rotatable bonds is 8.